The van der Waals surface area contributed by atoms with Crippen LogP contribution in [0, 0.1) is 5.82 Å². The average molecular weight is 258 g/mol. The van der Waals surface area contributed by atoms with E-state index in [2.05, 4.69) is 0 Å². The fraction of sp³-hybridized carbons (Fsp3) is 0.538. The molecular weight excluding hydrogens is 239 g/mol. The molecule has 1 unspecified atom stereocenters. The summed E-state index contributed by atoms with van der Waals surface area (Å²) < 4.78 is 23.4. The fourth-order valence-electron chi connectivity index (χ4n) is 1.47. The largest absolute Gasteiger partial charge is 0.490 e. The summed E-state index contributed by atoms with van der Waals surface area (Å²) in [5, 5.41) is 19.0. The zero-order valence-corrected chi connectivity index (χ0v) is 10.6. The van der Waals surface area contributed by atoms with Crippen molar-refractivity contribution in [3.8, 4) is 5.75 Å². The molecule has 0 amide bonds. The smallest absolute Gasteiger partial charge is 0.125 e. The molecule has 18 heavy (non-hydrogen) atoms. The van der Waals surface area contributed by atoms with Gasteiger partial charge in [-0.2, -0.15) is 0 Å². The molecule has 0 saturated carbocycles. The van der Waals surface area contributed by atoms with Crippen LogP contribution in [0.25, 0.3) is 0 Å². The van der Waals surface area contributed by atoms with Gasteiger partial charge in [0.25, 0.3) is 0 Å². The van der Waals surface area contributed by atoms with Crippen molar-refractivity contribution in [3.63, 3.8) is 0 Å². The first kappa shape index (κ1) is 14.9. The van der Waals surface area contributed by atoms with E-state index in [4.69, 9.17) is 9.47 Å². The second-order valence-electron chi connectivity index (χ2n) is 3.98. The van der Waals surface area contributed by atoms with Crippen LogP contribution in [-0.2, 0) is 4.74 Å². The van der Waals surface area contributed by atoms with Crippen LogP contribution in [0.4, 0.5) is 4.39 Å². The number of benzene rings is 1. The van der Waals surface area contributed by atoms with Crippen LogP contribution in [0.5, 0.6) is 5.75 Å². The van der Waals surface area contributed by atoms with E-state index in [0.29, 0.717) is 17.9 Å². The Kier molecular flexibility index (Phi) is 6.04. The lowest BCUT2D eigenvalue weighted by Gasteiger charge is -2.16. The Morgan fingerprint density at radius 1 is 1.28 bits per heavy atom. The minimum Gasteiger partial charge on any atom is -0.490 e. The van der Waals surface area contributed by atoms with Gasteiger partial charge in [-0.1, -0.05) is 0 Å². The van der Waals surface area contributed by atoms with E-state index >= 15 is 0 Å². The second-order valence-corrected chi connectivity index (χ2v) is 3.98. The van der Waals surface area contributed by atoms with E-state index < -0.39 is 18.0 Å². The molecular formula is C13H19FO4. The van der Waals surface area contributed by atoms with Crippen LogP contribution in [0.15, 0.2) is 18.2 Å². The lowest BCUT2D eigenvalue weighted by Crippen LogP contribution is -2.23. The second kappa shape index (κ2) is 7.31. The van der Waals surface area contributed by atoms with E-state index in [0.717, 1.165) is 0 Å². The van der Waals surface area contributed by atoms with Crippen LogP contribution >= 0.6 is 0 Å². The predicted octanol–water partition coefficient (Wildman–Crippen LogP) is 1.66. The molecule has 1 rings (SSSR count). The summed E-state index contributed by atoms with van der Waals surface area (Å²) in [7, 11) is 0. The Labute approximate surface area is 106 Å². The number of rotatable bonds is 7. The average Bonchev–Trinajstić information content (AvgIpc) is 2.34. The van der Waals surface area contributed by atoms with Gasteiger partial charge in [0.2, 0.25) is 0 Å². The highest BCUT2D eigenvalue weighted by Crippen LogP contribution is 2.26. The zero-order chi connectivity index (χ0) is 13.5. The molecule has 0 radical (unpaired) electrons. The van der Waals surface area contributed by atoms with E-state index in [-0.39, 0.29) is 13.2 Å². The van der Waals surface area contributed by atoms with Gasteiger partial charge in [-0.05, 0) is 32.0 Å². The van der Waals surface area contributed by atoms with E-state index in [1.54, 1.807) is 0 Å². The molecule has 5 heteroatoms. The number of aliphatic hydroxyl groups excluding tert-OH is 2. The van der Waals surface area contributed by atoms with Crippen LogP contribution < -0.4 is 4.74 Å². The molecule has 0 spiro atoms. The first-order valence-corrected chi connectivity index (χ1v) is 5.90. The summed E-state index contributed by atoms with van der Waals surface area (Å²) >= 11 is 0. The molecule has 0 bridgehead atoms. The Morgan fingerprint density at radius 3 is 2.61 bits per heavy atom. The van der Waals surface area contributed by atoms with Gasteiger partial charge in [-0.3, -0.25) is 0 Å². The molecule has 102 valence electrons. The van der Waals surface area contributed by atoms with Crippen molar-refractivity contribution >= 4 is 0 Å². The maximum Gasteiger partial charge on any atom is 0.125 e. The third-order valence-corrected chi connectivity index (χ3v) is 2.37. The maximum atomic E-state index is 13.0. The van der Waals surface area contributed by atoms with Gasteiger partial charge >= 0.3 is 0 Å². The first-order valence-electron chi connectivity index (χ1n) is 5.90. The van der Waals surface area contributed by atoms with Gasteiger partial charge in [0, 0.05) is 12.2 Å². The Balaban J connectivity index is 2.61. The van der Waals surface area contributed by atoms with Crippen LogP contribution in [0.1, 0.15) is 25.5 Å². The first-order chi connectivity index (χ1) is 8.54. The molecule has 0 aromatic heterocycles. The number of hydrogen-bond donors (Lipinski definition) is 2. The lowest BCUT2D eigenvalue weighted by molar-refractivity contribution is 0.0158. The normalized spacial score (nSPS) is 14.3. The predicted molar refractivity (Wildman–Crippen MR) is 65.0 cm³/mol. The van der Waals surface area contributed by atoms with E-state index in [9.17, 15) is 14.6 Å². The van der Waals surface area contributed by atoms with Gasteiger partial charge in [0.1, 0.15) is 24.3 Å². The number of halogens is 1. The summed E-state index contributed by atoms with van der Waals surface area (Å²) in [6.45, 7) is 4.09. The van der Waals surface area contributed by atoms with E-state index in [1.807, 2.05) is 6.92 Å². The third kappa shape index (κ3) is 4.60. The molecule has 4 nitrogen and oxygen atoms in total. The lowest BCUT2D eigenvalue weighted by atomic mass is 10.1. The summed E-state index contributed by atoms with van der Waals surface area (Å²) in [5.74, 6) is -0.0740. The van der Waals surface area contributed by atoms with Crippen molar-refractivity contribution in [1.29, 1.82) is 0 Å². The molecule has 0 aliphatic heterocycles. The molecule has 0 fully saturated rings. The Bertz CT molecular complexity index is 368. The summed E-state index contributed by atoms with van der Waals surface area (Å²) in [6, 6.07) is 3.90. The molecule has 0 aliphatic rings. The van der Waals surface area contributed by atoms with Gasteiger partial charge in [0.05, 0.1) is 12.7 Å². The molecule has 0 saturated heterocycles. The van der Waals surface area contributed by atoms with Crippen molar-refractivity contribution in [2.45, 2.75) is 26.1 Å². The quantitative estimate of drug-likeness (QED) is 0.781. The Hall–Kier alpha value is -1.17. The number of hydrogen-bond acceptors (Lipinski definition) is 4. The standard InChI is InChI=1S/C13H19FO4/c1-3-17-7-11(16)8-18-13-5-4-10(14)6-12(13)9(2)15/h4-6,9,11,15-16H,3,7-8H2,1-2H3/t9-,11?/m1/s1. The fourth-order valence-corrected chi connectivity index (χ4v) is 1.47. The number of ether oxygens (including phenoxy) is 2. The topological polar surface area (TPSA) is 58.9 Å². The van der Waals surface area contributed by atoms with Gasteiger partial charge in [-0.25, -0.2) is 4.39 Å². The minimum atomic E-state index is -0.834. The van der Waals surface area contributed by atoms with Crippen LogP contribution in [-0.4, -0.2) is 36.1 Å². The highest BCUT2D eigenvalue weighted by molar-refractivity contribution is 5.35. The summed E-state index contributed by atoms with van der Waals surface area (Å²) in [5.41, 5.74) is 0.360. The zero-order valence-electron chi connectivity index (χ0n) is 10.6. The van der Waals surface area contributed by atoms with E-state index in [1.165, 1.54) is 25.1 Å². The van der Waals surface area contributed by atoms with Crippen molar-refractivity contribution < 1.29 is 24.1 Å². The molecule has 0 heterocycles. The van der Waals surface area contributed by atoms with Gasteiger partial charge < -0.3 is 19.7 Å². The Morgan fingerprint density at radius 2 is 2.00 bits per heavy atom. The van der Waals surface area contributed by atoms with Crippen LogP contribution in [0.2, 0.25) is 0 Å². The molecule has 2 atom stereocenters. The highest BCUT2D eigenvalue weighted by Gasteiger charge is 2.12. The number of aliphatic hydroxyl groups is 2. The molecule has 0 aliphatic carbocycles. The van der Waals surface area contributed by atoms with Gasteiger partial charge in [0.15, 0.2) is 0 Å². The molecule has 2 N–H and O–H groups in total. The monoisotopic (exact) mass is 258 g/mol. The summed E-state index contributed by atoms with van der Waals surface area (Å²) in [4.78, 5) is 0. The summed E-state index contributed by atoms with van der Waals surface area (Å²) in [6.07, 6.45) is -1.59. The van der Waals surface area contributed by atoms with Crippen LogP contribution in [0.3, 0.4) is 0 Å². The van der Waals surface area contributed by atoms with Crippen molar-refractivity contribution in [2.75, 3.05) is 19.8 Å². The third-order valence-electron chi connectivity index (χ3n) is 2.37. The van der Waals surface area contributed by atoms with Crippen molar-refractivity contribution in [3.05, 3.63) is 29.6 Å². The van der Waals surface area contributed by atoms with Crippen molar-refractivity contribution in [2.24, 2.45) is 0 Å². The van der Waals surface area contributed by atoms with Gasteiger partial charge in [-0.15, -0.1) is 0 Å². The molecule has 1 aromatic carbocycles. The maximum absolute atomic E-state index is 13.0. The van der Waals surface area contributed by atoms with Crippen molar-refractivity contribution in [1.82, 2.24) is 0 Å². The SMILES string of the molecule is CCOCC(O)COc1ccc(F)cc1[C@@H](C)O. The molecule has 1 aromatic rings. The minimum absolute atomic E-state index is 0.0331. The highest BCUT2D eigenvalue weighted by atomic mass is 19.1.